The molecule has 4 bridgehead atoms. The molecule has 4 heterocycles. The molecule has 2 N–H and O–H groups in total. The first-order valence-electron chi connectivity index (χ1n) is 13.6. The van der Waals surface area contributed by atoms with Crippen LogP contribution >= 0.6 is 11.3 Å². The van der Waals surface area contributed by atoms with Gasteiger partial charge < -0.3 is 4.74 Å². The smallest absolute Gasteiger partial charge is 0.244 e. The van der Waals surface area contributed by atoms with Crippen LogP contribution in [-0.2, 0) is 5.41 Å². The maximum atomic E-state index is 10.4. The molecule has 5 aliphatic rings. The summed E-state index contributed by atoms with van der Waals surface area (Å²) in [7, 11) is 0. The molecule has 4 saturated carbocycles. The van der Waals surface area contributed by atoms with E-state index in [-0.39, 0.29) is 17.2 Å². The summed E-state index contributed by atoms with van der Waals surface area (Å²) in [4.78, 5) is 1.05. The van der Waals surface area contributed by atoms with Gasteiger partial charge in [0.2, 0.25) is 11.8 Å². The zero-order valence-corrected chi connectivity index (χ0v) is 21.7. The van der Waals surface area contributed by atoms with E-state index >= 15 is 0 Å². The third-order valence-corrected chi connectivity index (χ3v) is 10.3. The van der Waals surface area contributed by atoms with Crippen molar-refractivity contribution in [2.24, 2.45) is 23.7 Å². The summed E-state index contributed by atoms with van der Waals surface area (Å²) in [5.74, 6) is 1.52. The summed E-state index contributed by atoms with van der Waals surface area (Å²) in [6, 6.07) is 16.8. The van der Waals surface area contributed by atoms with Gasteiger partial charge in [-0.2, -0.15) is 10.4 Å². The molecule has 3 aromatic heterocycles. The molecular weight excluding hydrogens is 492 g/mol. The van der Waals surface area contributed by atoms with Crippen LogP contribution in [0.2, 0.25) is 0 Å². The summed E-state index contributed by atoms with van der Waals surface area (Å²) in [6.07, 6.45) is 9.70. The number of aromatic nitrogens is 4. The molecule has 1 aliphatic heterocycles. The number of benzene rings is 1. The highest BCUT2D eigenvalue weighted by Gasteiger charge is 2.55. The van der Waals surface area contributed by atoms with Crippen molar-refractivity contribution in [3.8, 4) is 28.2 Å². The second-order valence-electron chi connectivity index (χ2n) is 11.8. The number of H-pyrrole nitrogens is 1. The van der Waals surface area contributed by atoms with Gasteiger partial charge in [-0.05, 0) is 79.9 Å². The standard InChI is InChI=1S/C30H28N6OS/c31-15-21-24(25-26(23-7-4-8-38-23)33-34-29(25)37-28(21)32)22-16-36(20-5-2-1-3-6-20)35-27(22)30-12-17-9-18(13-30)11-19(10-17)14-30/h1-8,16-19,21,24,32H,9-14H2,(H,33,34). The number of nitriles is 1. The van der Waals surface area contributed by atoms with Gasteiger partial charge in [0.1, 0.15) is 5.92 Å². The molecule has 8 heteroatoms. The van der Waals surface area contributed by atoms with Crippen molar-refractivity contribution in [2.75, 3.05) is 0 Å². The fourth-order valence-corrected chi connectivity index (χ4v) is 9.14. The number of nitrogens with zero attached hydrogens (tertiary/aromatic N) is 4. The average molecular weight is 521 g/mol. The van der Waals surface area contributed by atoms with E-state index in [1.807, 2.05) is 34.3 Å². The molecule has 4 fully saturated rings. The van der Waals surface area contributed by atoms with Crippen molar-refractivity contribution >= 4 is 17.2 Å². The van der Waals surface area contributed by atoms with Gasteiger partial charge in [-0.15, -0.1) is 16.4 Å². The predicted octanol–water partition coefficient (Wildman–Crippen LogP) is 6.43. The lowest BCUT2D eigenvalue weighted by molar-refractivity contribution is -0.00786. The lowest BCUT2D eigenvalue weighted by Gasteiger charge is -2.56. The average Bonchev–Trinajstić information content (AvgIpc) is 3.67. The monoisotopic (exact) mass is 520 g/mol. The molecule has 0 radical (unpaired) electrons. The van der Waals surface area contributed by atoms with Gasteiger partial charge in [-0.1, -0.05) is 24.3 Å². The number of aromatic amines is 1. The van der Waals surface area contributed by atoms with Gasteiger partial charge in [-0.3, -0.25) is 10.5 Å². The fraction of sp³-hybridized carbons (Fsp3) is 0.400. The number of thiophene rings is 1. The third-order valence-electron chi connectivity index (χ3n) is 9.45. The molecule has 0 amide bonds. The minimum atomic E-state index is -0.750. The van der Waals surface area contributed by atoms with Crippen molar-refractivity contribution in [1.29, 1.82) is 10.7 Å². The summed E-state index contributed by atoms with van der Waals surface area (Å²) in [6.45, 7) is 0. The van der Waals surface area contributed by atoms with E-state index in [9.17, 15) is 5.26 Å². The number of fused-ring (bicyclic) bond motifs is 1. The molecule has 2 atom stereocenters. The molecule has 2 unspecified atom stereocenters. The highest BCUT2D eigenvalue weighted by molar-refractivity contribution is 7.13. The van der Waals surface area contributed by atoms with Gasteiger partial charge in [0.15, 0.2) is 0 Å². The Hall–Kier alpha value is -3.70. The van der Waals surface area contributed by atoms with E-state index in [0.29, 0.717) is 5.88 Å². The molecule has 4 aromatic rings. The maximum Gasteiger partial charge on any atom is 0.244 e. The van der Waals surface area contributed by atoms with Gasteiger partial charge in [0.25, 0.3) is 0 Å². The third kappa shape index (κ3) is 3.21. The largest absolute Gasteiger partial charge is 0.422 e. The molecule has 7 nitrogen and oxygen atoms in total. The van der Waals surface area contributed by atoms with E-state index in [1.165, 1.54) is 38.5 Å². The first kappa shape index (κ1) is 22.3. The second-order valence-corrected chi connectivity index (χ2v) is 12.7. The molecule has 190 valence electrons. The Morgan fingerprint density at radius 3 is 2.45 bits per heavy atom. The van der Waals surface area contributed by atoms with E-state index in [0.717, 1.165) is 50.8 Å². The summed E-state index contributed by atoms with van der Waals surface area (Å²) in [5.41, 5.74) is 4.95. The minimum absolute atomic E-state index is 0.0254. The zero-order valence-electron chi connectivity index (χ0n) is 20.9. The normalized spacial score (nSPS) is 31.1. The Balaban J connectivity index is 1.37. The number of nitrogens with one attached hydrogen (secondary N) is 2. The van der Waals surface area contributed by atoms with Gasteiger partial charge >= 0.3 is 0 Å². The Kier molecular flexibility index (Phi) is 4.78. The summed E-state index contributed by atoms with van der Waals surface area (Å²) < 4.78 is 7.84. The summed E-state index contributed by atoms with van der Waals surface area (Å²) >= 11 is 1.63. The van der Waals surface area contributed by atoms with Crippen LogP contribution in [0.1, 0.15) is 61.3 Å². The lowest BCUT2D eigenvalue weighted by atomic mass is 9.48. The van der Waals surface area contributed by atoms with Crippen LogP contribution in [0, 0.1) is 40.4 Å². The van der Waals surface area contributed by atoms with Crippen LogP contribution in [0.3, 0.4) is 0 Å². The first-order valence-corrected chi connectivity index (χ1v) is 14.4. The SMILES string of the molecule is N#CC1C(=N)Oc2n[nH]c(-c3cccs3)c2C1c1cn(-c2ccccc2)nc1C12CC3CC(CC(C3)C1)C2. The van der Waals surface area contributed by atoms with Crippen LogP contribution in [0.25, 0.3) is 16.3 Å². The second kappa shape index (κ2) is 8.15. The number of hydrogen-bond acceptors (Lipinski definition) is 6. The van der Waals surface area contributed by atoms with E-state index in [2.05, 4.69) is 40.7 Å². The molecular formula is C30H28N6OS. The molecule has 0 saturated heterocycles. The highest BCUT2D eigenvalue weighted by Crippen LogP contribution is 2.62. The Morgan fingerprint density at radius 2 is 1.79 bits per heavy atom. The van der Waals surface area contributed by atoms with E-state index in [4.69, 9.17) is 15.2 Å². The van der Waals surface area contributed by atoms with Gasteiger partial charge in [-0.25, -0.2) is 4.68 Å². The van der Waals surface area contributed by atoms with Crippen molar-refractivity contribution in [3.05, 3.63) is 70.9 Å². The topological polar surface area (TPSA) is 103 Å². The number of para-hydroxylation sites is 1. The fourth-order valence-electron chi connectivity index (χ4n) is 8.40. The quantitative estimate of drug-likeness (QED) is 0.323. The molecule has 1 aromatic carbocycles. The number of hydrogen-bond donors (Lipinski definition) is 2. The first-order chi connectivity index (χ1) is 18.6. The Morgan fingerprint density at radius 1 is 1.05 bits per heavy atom. The van der Waals surface area contributed by atoms with Crippen LogP contribution in [0.5, 0.6) is 5.88 Å². The lowest BCUT2D eigenvalue weighted by Crippen LogP contribution is -2.49. The molecule has 0 spiro atoms. The van der Waals surface area contributed by atoms with Gasteiger partial charge in [0, 0.05) is 23.1 Å². The summed E-state index contributed by atoms with van der Waals surface area (Å²) in [5, 5.41) is 34.1. The number of rotatable bonds is 4. The van der Waals surface area contributed by atoms with Crippen LogP contribution in [-0.4, -0.2) is 25.9 Å². The van der Waals surface area contributed by atoms with Crippen molar-refractivity contribution in [1.82, 2.24) is 20.0 Å². The maximum absolute atomic E-state index is 10.4. The van der Waals surface area contributed by atoms with Crippen LogP contribution < -0.4 is 4.74 Å². The minimum Gasteiger partial charge on any atom is -0.422 e. The van der Waals surface area contributed by atoms with Crippen molar-refractivity contribution in [3.63, 3.8) is 0 Å². The molecule has 4 aliphatic carbocycles. The molecule has 38 heavy (non-hydrogen) atoms. The van der Waals surface area contributed by atoms with Gasteiger partial charge in [0.05, 0.1) is 33.6 Å². The number of ether oxygens (including phenoxy) is 1. The zero-order chi connectivity index (χ0) is 25.4. The van der Waals surface area contributed by atoms with E-state index < -0.39 is 5.92 Å². The van der Waals surface area contributed by atoms with Crippen LogP contribution in [0.15, 0.2) is 54.0 Å². The van der Waals surface area contributed by atoms with Crippen molar-refractivity contribution in [2.45, 2.75) is 49.9 Å². The Bertz CT molecular complexity index is 1540. The Labute approximate surface area is 225 Å². The van der Waals surface area contributed by atoms with Crippen molar-refractivity contribution < 1.29 is 4.74 Å². The molecule has 9 rings (SSSR count). The predicted molar refractivity (Wildman–Crippen MR) is 145 cm³/mol. The van der Waals surface area contributed by atoms with E-state index in [1.54, 1.807) is 11.3 Å². The van der Waals surface area contributed by atoms with Crippen LogP contribution in [0.4, 0.5) is 0 Å². The highest BCUT2D eigenvalue weighted by atomic mass is 32.1.